The summed E-state index contributed by atoms with van der Waals surface area (Å²) >= 11 is 6.54. The van der Waals surface area contributed by atoms with Crippen molar-refractivity contribution in [2.75, 3.05) is 0 Å². The molecule has 0 fully saturated rings. The second-order valence-electron chi connectivity index (χ2n) is 5.18. The fraction of sp³-hybridized carbons (Fsp3) is 0.125. The number of carbonyl (C=O) groups excluding carboxylic acids is 1. The van der Waals surface area contributed by atoms with Crippen molar-refractivity contribution in [2.45, 2.75) is 12.5 Å². The van der Waals surface area contributed by atoms with Crippen LogP contribution in [0.4, 0.5) is 13.2 Å². The molecule has 1 unspecified atom stereocenters. The fourth-order valence-corrected chi connectivity index (χ4v) is 2.92. The molecule has 0 aliphatic heterocycles. The normalized spacial score (nSPS) is 13.0. The molecule has 0 radical (unpaired) electrons. The molecule has 136 valence electrons. The number of aliphatic hydroxyl groups is 1. The van der Waals surface area contributed by atoms with Crippen molar-refractivity contribution >= 4 is 43.5 Å². The van der Waals surface area contributed by atoms with Crippen LogP contribution in [0.1, 0.15) is 12.0 Å². The van der Waals surface area contributed by atoms with Crippen LogP contribution in [-0.2, 0) is 9.53 Å². The summed E-state index contributed by atoms with van der Waals surface area (Å²) in [5.41, 5.74) is 0.993. The summed E-state index contributed by atoms with van der Waals surface area (Å²) in [6.07, 6.45) is -5.88. The maximum absolute atomic E-state index is 12.5. The SMILES string of the molecule is O=C(OC(O)c1c(-c2ccc(Br)cc2)nc2ccc(Br)cn12)C(F)(F)F. The van der Waals surface area contributed by atoms with Crippen LogP contribution in [0.25, 0.3) is 16.9 Å². The average molecular weight is 494 g/mol. The van der Waals surface area contributed by atoms with Crippen LogP contribution in [0.5, 0.6) is 0 Å². The number of rotatable bonds is 3. The Morgan fingerprint density at radius 3 is 2.35 bits per heavy atom. The van der Waals surface area contributed by atoms with E-state index in [4.69, 9.17) is 0 Å². The summed E-state index contributed by atoms with van der Waals surface area (Å²) in [7, 11) is 0. The minimum absolute atomic E-state index is 0.0961. The van der Waals surface area contributed by atoms with Gasteiger partial charge in [0.2, 0.25) is 6.29 Å². The molecule has 10 heteroatoms. The number of aromatic nitrogens is 2. The van der Waals surface area contributed by atoms with Gasteiger partial charge in [0.25, 0.3) is 0 Å². The molecule has 0 aliphatic rings. The molecule has 2 aromatic heterocycles. The van der Waals surface area contributed by atoms with E-state index in [-0.39, 0.29) is 11.4 Å². The number of hydrogen-bond donors (Lipinski definition) is 1. The highest BCUT2D eigenvalue weighted by atomic mass is 79.9. The molecular formula is C16H9Br2F3N2O3. The van der Waals surface area contributed by atoms with Crippen LogP contribution >= 0.6 is 31.9 Å². The highest BCUT2D eigenvalue weighted by Gasteiger charge is 2.43. The van der Waals surface area contributed by atoms with Crippen LogP contribution in [0.2, 0.25) is 0 Å². The number of imidazole rings is 1. The summed E-state index contributed by atoms with van der Waals surface area (Å²) in [6, 6.07) is 10.1. The summed E-state index contributed by atoms with van der Waals surface area (Å²) in [6.45, 7) is 0. The first-order valence-electron chi connectivity index (χ1n) is 7.06. The van der Waals surface area contributed by atoms with E-state index in [2.05, 4.69) is 41.6 Å². The van der Waals surface area contributed by atoms with Crippen LogP contribution < -0.4 is 0 Å². The molecule has 0 saturated heterocycles. The Balaban J connectivity index is 2.14. The monoisotopic (exact) mass is 492 g/mol. The lowest BCUT2D eigenvalue weighted by molar-refractivity contribution is -0.221. The van der Waals surface area contributed by atoms with Crippen molar-refractivity contribution in [3.8, 4) is 11.3 Å². The van der Waals surface area contributed by atoms with Gasteiger partial charge in [-0.25, -0.2) is 9.78 Å². The first-order chi connectivity index (χ1) is 12.2. The molecule has 26 heavy (non-hydrogen) atoms. The van der Waals surface area contributed by atoms with Gasteiger partial charge < -0.3 is 9.84 Å². The molecule has 1 N–H and O–H groups in total. The standard InChI is InChI=1S/C16H9Br2F3N2O3/c17-9-3-1-8(2-4-9)12-13(14(24)26-15(25)16(19,20)21)23-7-10(18)5-6-11(23)22-12/h1-7,14,24H. The van der Waals surface area contributed by atoms with E-state index < -0.39 is 18.4 Å². The second kappa shape index (κ2) is 7.01. The van der Waals surface area contributed by atoms with E-state index in [0.29, 0.717) is 15.7 Å². The second-order valence-corrected chi connectivity index (χ2v) is 7.01. The maximum atomic E-state index is 12.5. The van der Waals surface area contributed by atoms with Crippen molar-refractivity contribution in [1.82, 2.24) is 9.38 Å². The number of esters is 1. The molecule has 0 spiro atoms. The molecule has 0 saturated carbocycles. The number of aliphatic hydroxyl groups excluding tert-OH is 1. The smallest absolute Gasteiger partial charge is 0.423 e. The molecule has 0 aliphatic carbocycles. The Morgan fingerprint density at radius 2 is 1.73 bits per heavy atom. The molecule has 0 bridgehead atoms. The van der Waals surface area contributed by atoms with E-state index in [9.17, 15) is 23.1 Å². The minimum atomic E-state index is -5.22. The van der Waals surface area contributed by atoms with E-state index in [1.807, 2.05) is 0 Å². The van der Waals surface area contributed by atoms with Gasteiger partial charge in [-0.15, -0.1) is 0 Å². The van der Waals surface area contributed by atoms with Gasteiger partial charge in [0.1, 0.15) is 11.3 Å². The number of alkyl halides is 3. The van der Waals surface area contributed by atoms with Gasteiger partial charge in [0.15, 0.2) is 0 Å². The largest absolute Gasteiger partial charge is 0.491 e. The number of benzene rings is 1. The number of hydrogen-bond acceptors (Lipinski definition) is 4. The summed E-state index contributed by atoms with van der Waals surface area (Å²) in [5, 5.41) is 10.2. The van der Waals surface area contributed by atoms with E-state index in [1.165, 1.54) is 10.6 Å². The number of halogens is 5. The predicted molar refractivity (Wildman–Crippen MR) is 93.1 cm³/mol. The van der Waals surface area contributed by atoms with Crippen molar-refractivity contribution in [3.63, 3.8) is 0 Å². The number of ether oxygens (including phenoxy) is 1. The number of fused-ring (bicyclic) bond motifs is 1. The first kappa shape index (κ1) is 18.9. The van der Waals surface area contributed by atoms with Gasteiger partial charge in [-0.3, -0.25) is 4.40 Å². The average Bonchev–Trinajstić information content (AvgIpc) is 2.93. The van der Waals surface area contributed by atoms with Crippen molar-refractivity contribution < 1.29 is 27.8 Å². The molecule has 1 atom stereocenters. The molecule has 3 rings (SSSR count). The van der Waals surface area contributed by atoms with Gasteiger partial charge in [0, 0.05) is 20.7 Å². The number of pyridine rings is 1. The van der Waals surface area contributed by atoms with Gasteiger partial charge in [0.05, 0.1) is 5.69 Å². The van der Waals surface area contributed by atoms with E-state index in [1.54, 1.807) is 36.4 Å². The van der Waals surface area contributed by atoms with Crippen molar-refractivity contribution in [1.29, 1.82) is 0 Å². The third-order valence-corrected chi connectivity index (χ3v) is 4.42. The van der Waals surface area contributed by atoms with Crippen molar-refractivity contribution in [3.05, 3.63) is 57.2 Å². The fourth-order valence-electron chi connectivity index (χ4n) is 2.32. The molecule has 2 heterocycles. The van der Waals surface area contributed by atoms with Crippen LogP contribution in [0.3, 0.4) is 0 Å². The molecule has 1 aromatic carbocycles. The van der Waals surface area contributed by atoms with Gasteiger partial charge in [-0.1, -0.05) is 28.1 Å². The Hall–Kier alpha value is -1.91. The van der Waals surface area contributed by atoms with Gasteiger partial charge in [-0.2, -0.15) is 13.2 Å². The predicted octanol–water partition coefficient (Wildman–Crippen LogP) is 4.62. The van der Waals surface area contributed by atoms with Gasteiger partial charge in [-0.05, 0) is 40.2 Å². The maximum Gasteiger partial charge on any atom is 0.491 e. The third kappa shape index (κ3) is 3.76. The zero-order valence-electron chi connectivity index (χ0n) is 12.7. The Morgan fingerprint density at radius 1 is 1.12 bits per heavy atom. The third-order valence-electron chi connectivity index (χ3n) is 3.42. The Kier molecular flexibility index (Phi) is 5.09. The highest BCUT2D eigenvalue weighted by Crippen LogP contribution is 2.32. The Bertz CT molecular complexity index is 971. The quantitative estimate of drug-likeness (QED) is 0.427. The molecule has 5 nitrogen and oxygen atoms in total. The topological polar surface area (TPSA) is 63.8 Å². The summed E-state index contributed by atoms with van der Waals surface area (Å²) in [5.74, 6) is -2.49. The summed E-state index contributed by atoms with van der Waals surface area (Å²) in [4.78, 5) is 15.5. The first-order valence-corrected chi connectivity index (χ1v) is 8.65. The lowest BCUT2D eigenvalue weighted by atomic mass is 10.1. The lowest BCUT2D eigenvalue weighted by Crippen LogP contribution is -2.27. The lowest BCUT2D eigenvalue weighted by Gasteiger charge is -2.15. The van der Waals surface area contributed by atoms with Crippen LogP contribution in [-0.4, -0.2) is 26.6 Å². The summed E-state index contributed by atoms with van der Waals surface area (Å²) < 4.78 is 44.4. The number of carbonyl (C=O) groups is 1. The van der Waals surface area contributed by atoms with Crippen LogP contribution in [0.15, 0.2) is 51.5 Å². The number of nitrogens with zero attached hydrogens (tertiary/aromatic N) is 2. The minimum Gasteiger partial charge on any atom is -0.423 e. The molecule has 0 amide bonds. The van der Waals surface area contributed by atoms with Crippen LogP contribution in [0, 0.1) is 0 Å². The zero-order valence-corrected chi connectivity index (χ0v) is 15.8. The van der Waals surface area contributed by atoms with Crippen molar-refractivity contribution in [2.24, 2.45) is 0 Å². The molecule has 3 aromatic rings. The van der Waals surface area contributed by atoms with E-state index in [0.717, 1.165) is 4.47 Å². The van der Waals surface area contributed by atoms with E-state index >= 15 is 0 Å². The molecular weight excluding hydrogens is 485 g/mol. The highest BCUT2D eigenvalue weighted by molar-refractivity contribution is 9.10. The zero-order chi connectivity index (χ0) is 19.1. The Labute approximate surface area is 161 Å². The van der Waals surface area contributed by atoms with Gasteiger partial charge >= 0.3 is 12.1 Å².